The van der Waals surface area contributed by atoms with Crippen LogP contribution < -0.4 is 0 Å². The van der Waals surface area contributed by atoms with E-state index in [4.69, 9.17) is 4.74 Å². The number of carbonyl (C=O) groups is 1. The summed E-state index contributed by atoms with van der Waals surface area (Å²) in [5.74, 6) is -0.168. The number of nitrogens with zero attached hydrogens (tertiary/aromatic N) is 1. The Labute approximate surface area is 101 Å². The summed E-state index contributed by atoms with van der Waals surface area (Å²) in [5, 5.41) is 0. The molecule has 0 saturated heterocycles. The zero-order valence-corrected chi connectivity index (χ0v) is 10.5. The fourth-order valence-electron chi connectivity index (χ4n) is 2.14. The van der Waals surface area contributed by atoms with Crippen molar-refractivity contribution >= 4 is 11.5 Å². The minimum Gasteiger partial charge on any atom is -0.466 e. The number of aromatic nitrogens is 1. The van der Waals surface area contributed by atoms with Crippen molar-refractivity contribution < 1.29 is 9.53 Å². The molecule has 0 amide bonds. The summed E-state index contributed by atoms with van der Waals surface area (Å²) >= 11 is 0. The third-order valence-corrected chi connectivity index (χ3v) is 3.15. The largest absolute Gasteiger partial charge is 0.466 e. The van der Waals surface area contributed by atoms with E-state index in [1.165, 1.54) is 11.1 Å². The first-order chi connectivity index (χ1) is 8.15. The minimum absolute atomic E-state index is 0.168. The predicted molar refractivity (Wildman–Crippen MR) is 67.2 cm³/mol. The van der Waals surface area contributed by atoms with Gasteiger partial charge in [-0.2, -0.15) is 0 Å². The Kier molecular flexibility index (Phi) is 3.18. The highest BCUT2D eigenvalue weighted by Gasteiger charge is 2.14. The van der Waals surface area contributed by atoms with Gasteiger partial charge in [0.15, 0.2) is 0 Å². The zero-order valence-electron chi connectivity index (χ0n) is 10.5. The van der Waals surface area contributed by atoms with Crippen LogP contribution in [0.5, 0.6) is 0 Å². The van der Waals surface area contributed by atoms with Crippen molar-refractivity contribution in [2.75, 3.05) is 6.61 Å². The lowest BCUT2D eigenvalue weighted by Gasteiger charge is -2.04. The molecular formula is C14H17NO2. The lowest BCUT2D eigenvalue weighted by molar-refractivity contribution is -0.142. The molecular weight excluding hydrogens is 214 g/mol. The van der Waals surface area contributed by atoms with Crippen LogP contribution in [0.4, 0.5) is 0 Å². The van der Waals surface area contributed by atoms with Crippen molar-refractivity contribution in [1.82, 2.24) is 4.40 Å². The first-order valence-electron chi connectivity index (χ1n) is 5.86. The number of ether oxygens (including phenoxy) is 1. The van der Waals surface area contributed by atoms with Gasteiger partial charge in [0, 0.05) is 17.4 Å². The minimum atomic E-state index is -0.168. The van der Waals surface area contributed by atoms with E-state index >= 15 is 0 Å². The van der Waals surface area contributed by atoms with E-state index < -0.39 is 0 Å². The van der Waals surface area contributed by atoms with Gasteiger partial charge in [-0.15, -0.1) is 0 Å². The standard InChI is InChI=1S/C14H17NO2/c1-4-17-14(16)9-13-11(3)10(2)12-7-5-6-8-15(12)13/h5-8H,4,9H2,1-3H3. The number of fused-ring (bicyclic) bond motifs is 1. The van der Waals surface area contributed by atoms with Crippen LogP contribution in [0.25, 0.3) is 5.52 Å². The number of esters is 1. The Bertz CT molecular complexity index is 555. The van der Waals surface area contributed by atoms with Crippen LogP contribution in [0.15, 0.2) is 24.4 Å². The van der Waals surface area contributed by atoms with Crippen molar-refractivity contribution in [3.63, 3.8) is 0 Å². The smallest absolute Gasteiger partial charge is 0.311 e. The molecule has 0 aliphatic rings. The maximum absolute atomic E-state index is 11.6. The van der Waals surface area contributed by atoms with Crippen LogP contribution in [0, 0.1) is 13.8 Å². The molecule has 2 rings (SSSR count). The third kappa shape index (κ3) is 2.05. The van der Waals surface area contributed by atoms with Gasteiger partial charge in [0.1, 0.15) is 0 Å². The Balaban J connectivity index is 2.46. The average Bonchev–Trinajstić information content (AvgIpc) is 2.56. The van der Waals surface area contributed by atoms with E-state index in [1.54, 1.807) is 0 Å². The highest BCUT2D eigenvalue weighted by molar-refractivity contribution is 5.74. The molecule has 0 aromatic carbocycles. The molecule has 0 atom stereocenters. The molecule has 0 saturated carbocycles. The summed E-state index contributed by atoms with van der Waals surface area (Å²) in [6.45, 7) is 6.39. The fourth-order valence-corrected chi connectivity index (χ4v) is 2.14. The molecule has 0 N–H and O–H groups in total. The second-order valence-corrected chi connectivity index (χ2v) is 4.13. The van der Waals surface area contributed by atoms with Gasteiger partial charge in [0.05, 0.1) is 13.0 Å². The molecule has 2 aromatic rings. The molecule has 0 aliphatic heterocycles. The molecule has 0 spiro atoms. The average molecular weight is 231 g/mol. The monoisotopic (exact) mass is 231 g/mol. The Morgan fingerprint density at radius 3 is 2.76 bits per heavy atom. The van der Waals surface area contributed by atoms with Crippen molar-refractivity contribution in [2.45, 2.75) is 27.2 Å². The van der Waals surface area contributed by atoms with Gasteiger partial charge in [-0.25, -0.2) is 0 Å². The van der Waals surface area contributed by atoms with Crippen LogP contribution in [0.1, 0.15) is 23.7 Å². The van der Waals surface area contributed by atoms with Crippen molar-refractivity contribution in [3.8, 4) is 0 Å². The first kappa shape index (κ1) is 11.7. The summed E-state index contributed by atoms with van der Waals surface area (Å²) in [5.41, 5.74) is 4.58. The van der Waals surface area contributed by atoms with Crippen LogP contribution in [-0.2, 0) is 16.0 Å². The molecule has 0 fully saturated rings. The second kappa shape index (κ2) is 4.62. The van der Waals surface area contributed by atoms with Crippen molar-refractivity contribution in [2.24, 2.45) is 0 Å². The van der Waals surface area contributed by atoms with E-state index in [9.17, 15) is 4.79 Å². The molecule has 17 heavy (non-hydrogen) atoms. The number of hydrogen-bond donors (Lipinski definition) is 0. The maximum atomic E-state index is 11.6. The molecule has 0 unspecified atom stereocenters. The Morgan fingerprint density at radius 1 is 1.29 bits per heavy atom. The van der Waals surface area contributed by atoms with Gasteiger partial charge in [-0.05, 0) is 44.0 Å². The van der Waals surface area contributed by atoms with Gasteiger partial charge in [0.2, 0.25) is 0 Å². The van der Waals surface area contributed by atoms with Gasteiger partial charge in [-0.1, -0.05) is 6.07 Å². The quantitative estimate of drug-likeness (QED) is 0.760. The summed E-state index contributed by atoms with van der Waals surface area (Å²) in [6, 6.07) is 6.05. The van der Waals surface area contributed by atoms with E-state index in [0.29, 0.717) is 13.0 Å². The van der Waals surface area contributed by atoms with Gasteiger partial charge >= 0.3 is 5.97 Å². The van der Waals surface area contributed by atoms with Crippen LogP contribution in [0.3, 0.4) is 0 Å². The Hall–Kier alpha value is -1.77. The molecule has 0 bridgehead atoms. The highest BCUT2D eigenvalue weighted by Crippen LogP contribution is 2.22. The van der Waals surface area contributed by atoms with Gasteiger partial charge in [0.25, 0.3) is 0 Å². The second-order valence-electron chi connectivity index (χ2n) is 4.13. The number of pyridine rings is 1. The predicted octanol–water partition coefficient (Wildman–Crippen LogP) is 2.66. The molecule has 0 radical (unpaired) electrons. The van der Waals surface area contributed by atoms with E-state index in [-0.39, 0.29) is 5.97 Å². The van der Waals surface area contributed by atoms with Crippen LogP contribution >= 0.6 is 0 Å². The number of aryl methyl sites for hydroxylation is 1. The number of hydrogen-bond acceptors (Lipinski definition) is 2. The highest BCUT2D eigenvalue weighted by atomic mass is 16.5. The number of rotatable bonds is 3. The molecule has 2 heterocycles. The fraction of sp³-hybridized carbons (Fsp3) is 0.357. The topological polar surface area (TPSA) is 30.7 Å². The zero-order chi connectivity index (χ0) is 12.4. The number of carbonyl (C=O) groups excluding carboxylic acids is 1. The van der Waals surface area contributed by atoms with Crippen molar-refractivity contribution in [1.29, 1.82) is 0 Å². The van der Waals surface area contributed by atoms with E-state index in [1.807, 2.05) is 25.3 Å². The van der Waals surface area contributed by atoms with Crippen LogP contribution in [-0.4, -0.2) is 17.0 Å². The molecule has 0 aliphatic carbocycles. The van der Waals surface area contributed by atoms with E-state index in [0.717, 1.165) is 11.2 Å². The summed E-state index contributed by atoms with van der Waals surface area (Å²) in [4.78, 5) is 11.6. The summed E-state index contributed by atoms with van der Waals surface area (Å²) < 4.78 is 7.08. The summed E-state index contributed by atoms with van der Waals surface area (Å²) in [7, 11) is 0. The third-order valence-electron chi connectivity index (χ3n) is 3.15. The SMILES string of the molecule is CCOC(=O)Cc1c(C)c(C)c2ccccn12. The lowest BCUT2D eigenvalue weighted by Crippen LogP contribution is -2.10. The van der Waals surface area contributed by atoms with Crippen molar-refractivity contribution in [3.05, 3.63) is 41.2 Å². The molecule has 3 nitrogen and oxygen atoms in total. The maximum Gasteiger partial charge on any atom is 0.311 e. The first-order valence-corrected chi connectivity index (χ1v) is 5.86. The van der Waals surface area contributed by atoms with E-state index in [2.05, 4.69) is 24.3 Å². The van der Waals surface area contributed by atoms with Gasteiger partial charge in [-0.3, -0.25) is 4.79 Å². The normalized spacial score (nSPS) is 10.8. The van der Waals surface area contributed by atoms with Gasteiger partial charge < -0.3 is 9.14 Å². The van der Waals surface area contributed by atoms with Crippen LogP contribution in [0.2, 0.25) is 0 Å². The molecule has 2 aromatic heterocycles. The lowest BCUT2D eigenvalue weighted by atomic mass is 10.1. The Morgan fingerprint density at radius 2 is 2.06 bits per heavy atom. The summed E-state index contributed by atoms with van der Waals surface area (Å²) in [6.07, 6.45) is 2.32. The molecule has 3 heteroatoms. The molecule has 90 valence electrons.